The molecule has 1 unspecified atom stereocenters. The molecule has 0 bridgehead atoms. The molecule has 1 N–H and O–H groups in total. The lowest BCUT2D eigenvalue weighted by Gasteiger charge is -2.19. The van der Waals surface area contributed by atoms with E-state index in [1.807, 2.05) is 13.8 Å². The Morgan fingerprint density at radius 3 is 2.53 bits per heavy atom. The first-order valence-electron chi connectivity index (χ1n) is 6.46. The highest BCUT2D eigenvalue weighted by Crippen LogP contribution is 2.31. The van der Waals surface area contributed by atoms with Crippen molar-refractivity contribution in [2.24, 2.45) is 5.41 Å². The molecular formula is C13H24N2O2. The number of carbonyl (C=O) groups excluding carboxylic acids is 2. The van der Waals surface area contributed by atoms with Gasteiger partial charge in [-0.1, -0.05) is 20.8 Å². The van der Waals surface area contributed by atoms with Gasteiger partial charge in [-0.2, -0.15) is 0 Å². The summed E-state index contributed by atoms with van der Waals surface area (Å²) < 4.78 is 0. The monoisotopic (exact) mass is 240 g/mol. The van der Waals surface area contributed by atoms with Gasteiger partial charge in [0.25, 0.3) is 0 Å². The topological polar surface area (TPSA) is 49.4 Å². The average Bonchev–Trinajstić information content (AvgIpc) is 2.40. The van der Waals surface area contributed by atoms with Gasteiger partial charge in [-0.15, -0.1) is 0 Å². The summed E-state index contributed by atoms with van der Waals surface area (Å²) in [7, 11) is 0. The molecule has 1 fully saturated rings. The van der Waals surface area contributed by atoms with Crippen LogP contribution in [0.25, 0.3) is 0 Å². The van der Waals surface area contributed by atoms with Gasteiger partial charge in [0.05, 0.1) is 5.41 Å². The molecule has 1 saturated heterocycles. The Morgan fingerprint density at radius 2 is 2.06 bits per heavy atom. The number of hydrogen-bond acceptors (Lipinski definition) is 3. The van der Waals surface area contributed by atoms with Gasteiger partial charge in [0, 0.05) is 19.0 Å². The standard InChI is InChI=1S/C13H24N2O2/c1-5-14-10(2)7-6-8-15-11(16)9-13(3,4)12(15)17/h10,14H,5-9H2,1-4H3. The van der Waals surface area contributed by atoms with Gasteiger partial charge in [0.15, 0.2) is 0 Å². The largest absolute Gasteiger partial charge is 0.315 e. The number of rotatable bonds is 6. The highest BCUT2D eigenvalue weighted by molar-refractivity contribution is 6.05. The number of carbonyl (C=O) groups is 2. The van der Waals surface area contributed by atoms with E-state index in [1.54, 1.807) is 0 Å². The molecule has 0 spiro atoms. The Labute approximate surface area is 104 Å². The van der Waals surface area contributed by atoms with Gasteiger partial charge >= 0.3 is 0 Å². The zero-order valence-corrected chi connectivity index (χ0v) is 11.4. The van der Waals surface area contributed by atoms with Gasteiger partial charge in [-0.3, -0.25) is 14.5 Å². The molecule has 0 radical (unpaired) electrons. The van der Waals surface area contributed by atoms with Gasteiger partial charge in [-0.05, 0) is 26.3 Å². The predicted molar refractivity (Wildman–Crippen MR) is 67.5 cm³/mol. The van der Waals surface area contributed by atoms with E-state index in [9.17, 15) is 9.59 Å². The van der Waals surface area contributed by atoms with Crippen molar-refractivity contribution in [2.75, 3.05) is 13.1 Å². The highest BCUT2D eigenvalue weighted by atomic mass is 16.2. The van der Waals surface area contributed by atoms with E-state index in [2.05, 4.69) is 19.2 Å². The zero-order chi connectivity index (χ0) is 13.1. The van der Waals surface area contributed by atoms with Crippen molar-refractivity contribution in [3.05, 3.63) is 0 Å². The molecule has 17 heavy (non-hydrogen) atoms. The Morgan fingerprint density at radius 1 is 1.41 bits per heavy atom. The molecule has 1 aliphatic rings. The first-order chi connectivity index (χ1) is 7.88. The molecule has 1 rings (SSSR count). The van der Waals surface area contributed by atoms with Crippen LogP contribution in [0.3, 0.4) is 0 Å². The fourth-order valence-corrected chi connectivity index (χ4v) is 2.26. The van der Waals surface area contributed by atoms with Crippen molar-refractivity contribution in [1.29, 1.82) is 0 Å². The fourth-order valence-electron chi connectivity index (χ4n) is 2.26. The first kappa shape index (κ1) is 14.2. The second-order valence-corrected chi connectivity index (χ2v) is 5.51. The lowest BCUT2D eigenvalue weighted by molar-refractivity contribution is -0.140. The summed E-state index contributed by atoms with van der Waals surface area (Å²) in [4.78, 5) is 25.0. The van der Waals surface area contributed by atoms with Crippen molar-refractivity contribution in [3.8, 4) is 0 Å². The van der Waals surface area contributed by atoms with E-state index in [0.717, 1.165) is 19.4 Å². The van der Waals surface area contributed by atoms with Gasteiger partial charge in [-0.25, -0.2) is 0 Å². The molecule has 0 aliphatic carbocycles. The maximum Gasteiger partial charge on any atom is 0.235 e. The Kier molecular flexibility index (Phi) is 4.69. The molecule has 0 saturated carbocycles. The van der Waals surface area contributed by atoms with Crippen molar-refractivity contribution in [2.45, 2.75) is 53.0 Å². The van der Waals surface area contributed by atoms with Crippen molar-refractivity contribution >= 4 is 11.8 Å². The molecule has 2 amide bonds. The van der Waals surface area contributed by atoms with Crippen LogP contribution in [-0.2, 0) is 9.59 Å². The number of amides is 2. The second-order valence-electron chi connectivity index (χ2n) is 5.51. The van der Waals surface area contributed by atoms with Gasteiger partial charge in [0.2, 0.25) is 11.8 Å². The lowest BCUT2D eigenvalue weighted by atomic mass is 9.92. The maximum atomic E-state index is 11.9. The van der Waals surface area contributed by atoms with Crippen LogP contribution in [0.4, 0.5) is 0 Å². The Bertz CT molecular complexity index is 300. The molecule has 4 nitrogen and oxygen atoms in total. The minimum absolute atomic E-state index is 0.0152. The van der Waals surface area contributed by atoms with Crippen LogP contribution < -0.4 is 5.32 Å². The SMILES string of the molecule is CCNC(C)CCCN1C(=O)CC(C)(C)C1=O. The van der Waals surface area contributed by atoms with Crippen LogP contribution in [0.1, 0.15) is 47.0 Å². The van der Waals surface area contributed by atoms with Gasteiger partial charge < -0.3 is 5.32 Å². The number of imide groups is 1. The fraction of sp³-hybridized carbons (Fsp3) is 0.846. The van der Waals surface area contributed by atoms with Crippen LogP contribution in [0.15, 0.2) is 0 Å². The van der Waals surface area contributed by atoms with E-state index in [1.165, 1.54) is 4.90 Å². The number of hydrogen-bond donors (Lipinski definition) is 1. The molecular weight excluding hydrogens is 216 g/mol. The van der Waals surface area contributed by atoms with Crippen molar-refractivity contribution in [1.82, 2.24) is 10.2 Å². The smallest absolute Gasteiger partial charge is 0.235 e. The van der Waals surface area contributed by atoms with Crippen LogP contribution in [0.2, 0.25) is 0 Å². The van der Waals surface area contributed by atoms with Crippen LogP contribution >= 0.6 is 0 Å². The summed E-state index contributed by atoms with van der Waals surface area (Å²) >= 11 is 0. The molecule has 1 heterocycles. The molecule has 0 aromatic rings. The summed E-state index contributed by atoms with van der Waals surface area (Å²) in [5.74, 6) is -0.0327. The van der Waals surface area contributed by atoms with E-state index in [0.29, 0.717) is 19.0 Å². The molecule has 0 aromatic heterocycles. The lowest BCUT2D eigenvalue weighted by Crippen LogP contribution is -2.35. The molecule has 1 atom stereocenters. The van der Waals surface area contributed by atoms with Crippen LogP contribution in [-0.4, -0.2) is 35.8 Å². The quantitative estimate of drug-likeness (QED) is 0.717. The third-order valence-corrected chi connectivity index (χ3v) is 3.29. The average molecular weight is 240 g/mol. The summed E-state index contributed by atoms with van der Waals surface area (Å²) in [6.45, 7) is 9.41. The van der Waals surface area contributed by atoms with Gasteiger partial charge in [0.1, 0.15) is 0 Å². The number of likely N-dealkylation sites (tertiary alicyclic amines) is 1. The van der Waals surface area contributed by atoms with E-state index >= 15 is 0 Å². The number of nitrogens with one attached hydrogen (secondary N) is 1. The maximum absolute atomic E-state index is 11.9. The van der Waals surface area contributed by atoms with Crippen molar-refractivity contribution < 1.29 is 9.59 Å². The van der Waals surface area contributed by atoms with Crippen LogP contribution in [0.5, 0.6) is 0 Å². The summed E-state index contributed by atoms with van der Waals surface area (Å²) in [6.07, 6.45) is 2.22. The molecule has 98 valence electrons. The molecule has 4 heteroatoms. The normalized spacial score (nSPS) is 21.1. The minimum atomic E-state index is -0.496. The predicted octanol–water partition coefficient (Wildman–Crippen LogP) is 1.55. The minimum Gasteiger partial charge on any atom is -0.315 e. The summed E-state index contributed by atoms with van der Waals surface area (Å²) in [6, 6.07) is 0.445. The van der Waals surface area contributed by atoms with Crippen LogP contribution in [0, 0.1) is 5.41 Å². The third-order valence-electron chi connectivity index (χ3n) is 3.29. The Hall–Kier alpha value is -0.900. The molecule has 0 aromatic carbocycles. The first-order valence-corrected chi connectivity index (χ1v) is 6.46. The zero-order valence-electron chi connectivity index (χ0n) is 11.4. The third kappa shape index (κ3) is 3.53. The summed E-state index contributed by atoms with van der Waals surface area (Å²) in [5, 5.41) is 3.32. The Balaban J connectivity index is 2.38. The second kappa shape index (κ2) is 5.63. The van der Waals surface area contributed by atoms with E-state index < -0.39 is 5.41 Å². The summed E-state index contributed by atoms with van der Waals surface area (Å²) in [5.41, 5.74) is -0.496. The van der Waals surface area contributed by atoms with E-state index in [4.69, 9.17) is 0 Å². The molecule has 1 aliphatic heterocycles. The number of nitrogens with zero attached hydrogens (tertiary/aromatic N) is 1. The van der Waals surface area contributed by atoms with Crippen molar-refractivity contribution in [3.63, 3.8) is 0 Å². The highest BCUT2D eigenvalue weighted by Gasteiger charge is 2.44. The van der Waals surface area contributed by atoms with E-state index in [-0.39, 0.29) is 11.8 Å².